The van der Waals surface area contributed by atoms with E-state index < -0.39 is 0 Å². The predicted octanol–water partition coefficient (Wildman–Crippen LogP) is 8.94. The van der Waals surface area contributed by atoms with E-state index in [9.17, 15) is 4.39 Å². The Morgan fingerprint density at radius 1 is 1.03 bits per heavy atom. The van der Waals surface area contributed by atoms with Crippen LogP contribution in [0.3, 0.4) is 0 Å². The van der Waals surface area contributed by atoms with Crippen LogP contribution in [0.5, 0.6) is 5.75 Å². The molecule has 4 aromatic rings. The van der Waals surface area contributed by atoms with Crippen LogP contribution in [0.4, 0.5) is 15.8 Å². The van der Waals surface area contributed by atoms with Gasteiger partial charge in [-0.05, 0) is 90.0 Å². The summed E-state index contributed by atoms with van der Waals surface area (Å²) in [6.07, 6.45) is 7.57. The van der Waals surface area contributed by atoms with Crippen molar-refractivity contribution < 1.29 is 9.13 Å². The predicted molar refractivity (Wildman–Crippen MR) is 153 cm³/mol. The number of halogens is 2. The van der Waals surface area contributed by atoms with Gasteiger partial charge in [0, 0.05) is 17.8 Å². The van der Waals surface area contributed by atoms with Crippen LogP contribution in [0.15, 0.2) is 102 Å². The van der Waals surface area contributed by atoms with Crippen LogP contribution in [-0.4, -0.2) is 6.21 Å². The average molecular weight is 523 g/mol. The smallest absolute Gasteiger partial charge is 0.138 e. The topological polar surface area (TPSA) is 33.6 Å². The van der Waals surface area contributed by atoms with Crippen LogP contribution >= 0.6 is 11.6 Å². The number of aliphatic imine (C=N–C) groups is 1. The van der Waals surface area contributed by atoms with Gasteiger partial charge < -0.3 is 10.1 Å². The van der Waals surface area contributed by atoms with E-state index in [2.05, 4.69) is 71.8 Å². The van der Waals surface area contributed by atoms with Crippen molar-refractivity contribution >= 4 is 29.2 Å². The lowest BCUT2D eigenvalue weighted by Gasteiger charge is -2.37. The Hall–Kier alpha value is -3.89. The molecule has 3 nitrogen and oxygen atoms in total. The molecule has 190 valence electrons. The van der Waals surface area contributed by atoms with Crippen LogP contribution in [-0.2, 0) is 6.61 Å². The minimum Gasteiger partial charge on any atom is -0.487 e. The molecule has 0 bridgehead atoms. The normalized spacial score (nSPS) is 19.7. The fourth-order valence-corrected chi connectivity index (χ4v) is 5.71. The Bertz CT molecular complexity index is 1530. The molecule has 0 fully saturated rings. The first-order valence-electron chi connectivity index (χ1n) is 12.9. The summed E-state index contributed by atoms with van der Waals surface area (Å²) in [4.78, 5) is 4.65. The van der Waals surface area contributed by atoms with E-state index in [1.165, 1.54) is 34.5 Å². The highest BCUT2D eigenvalue weighted by Gasteiger charge is 2.37. The summed E-state index contributed by atoms with van der Waals surface area (Å²) in [7, 11) is 0. The maximum atomic E-state index is 13.4. The van der Waals surface area contributed by atoms with E-state index >= 15 is 0 Å². The number of anilines is 1. The SMILES string of the molecule is Cc1ccc2c(c1)[C@@H]1C=CC[C@@H]1[C@@H](c1ccc(N=Cc3ccc(OCc4cccc(F)c4)c(Cl)c3)cc1)N2. The van der Waals surface area contributed by atoms with Crippen LogP contribution in [0.2, 0.25) is 5.02 Å². The van der Waals surface area contributed by atoms with E-state index in [4.69, 9.17) is 16.3 Å². The summed E-state index contributed by atoms with van der Waals surface area (Å²) >= 11 is 6.43. The van der Waals surface area contributed by atoms with E-state index in [1.54, 1.807) is 12.3 Å². The minimum absolute atomic E-state index is 0.246. The van der Waals surface area contributed by atoms with Gasteiger partial charge in [-0.15, -0.1) is 0 Å². The average Bonchev–Trinajstić information content (AvgIpc) is 3.42. The standard InChI is InChI=1S/C33H28ClFN2O/c1-21-8-14-31-29(16-21)27-6-3-7-28(27)33(37-31)24-10-12-26(13-11-24)36-19-22-9-15-32(30(34)18-22)38-20-23-4-2-5-25(35)17-23/h2-6,8-19,27-28,33,37H,7,20H2,1H3/t27-,28+,33-/m1/s1. The molecule has 0 unspecified atom stereocenters. The Labute approximate surface area is 227 Å². The number of hydrogen-bond acceptors (Lipinski definition) is 3. The van der Waals surface area contributed by atoms with Crippen LogP contribution in [0.1, 0.15) is 46.2 Å². The molecule has 0 saturated heterocycles. The summed E-state index contributed by atoms with van der Waals surface area (Å²) in [5.74, 6) is 1.24. The molecule has 6 rings (SSSR count). The fraction of sp³-hybridized carbons (Fsp3) is 0.182. The van der Waals surface area contributed by atoms with Crippen molar-refractivity contribution in [1.29, 1.82) is 0 Å². The molecular weight excluding hydrogens is 495 g/mol. The Kier molecular flexibility index (Phi) is 6.73. The number of fused-ring (bicyclic) bond motifs is 3. The van der Waals surface area contributed by atoms with Crippen molar-refractivity contribution in [1.82, 2.24) is 0 Å². The summed E-state index contributed by atoms with van der Waals surface area (Å²) in [5.41, 5.74) is 7.72. The fourth-order valence-electron chi connectivity index (χ4n) is 5.46. The van der Waals surface area contributed by atoms with Gasteiger partial charge in [0.05, 0.1) is 16.8 Å². The molecular formula is C33H28ClFN2O. The number of nitrogens with zero attached hydrogens (tertiary/aromatic N) is 1. The molecule has 0 saturated carbocycles. The molecule has 3 atom stereocenters. The third-order valence-corrected chi connectivity index (χ3v) is 7.67. The summed E-state index contributed by atoms with van der Waals surface area (Å²) in [6, 6.07) is 27.3. The first kappa shape index (κ1) is 24.4. The lowest BCUT2D eigenvalue weighted by atomic mass is 9.76. The Morgan fingerprint density at radius 3 is 2.71 bits per heavy atom. The second-order valence-corrected chi connectivity index (χ2v) is 10.4. The monoisotopic (exact) mass is 522 g/mol. The number of allylic oxidation sites excluding steroid dienone is 2. The number of aryl methyl sites for hydroxylation is 1. The Balaban J connectivity index is 1.13. The van der Waals surface area contributed by atoms with Crippen molar-refractivity contribution in [3.63, 3.8) is 0 Å². The minimum atomic E-state index is -0.285. The number of hydrogen-bond donors (Lipinski definition) is 1. The first-order valence-corrected chi connectivity index (χ1v) is 13.3. The van der Waals surface area contributed by atoms with Gasteiger partial charge in [0.1, 0.15) is 18.2 Å². The van der Waals surface area contributed by atoms with Gasteiger partial charge in [0.15, 0.2) is 0 Å². The van der Waals surface area contributed by atoms with Gasteiger partial charge >= 0.3 is 0 Å². The van der Waals surface area contributed by atoms with E-state index in [-0.39, 0.29) is 18.5 Å². The van der Waals surface area contributed by atoms with Crippen molar-refractivity contribution in [2.24, 2.45) is 10.9 Å². The van der Waals surface area contributed by atoms with Crippen molar-refractivity contribution in [3.05, 3.63) is 136 Å². The zero-order valence-electron chi connectivity index (χ0n) is 21.1. The summed E-state index contributed by atoms with van der Waals surface area (Å²) in [6.45, 7) is 2.40. The molecule has 0 aromatic heterocycles. The maximum Gasteiger partial charge on any atom is 0.138 e. The van der Waals surface area contributed by atoms with Crippen molar-refractivity contribution in [3.8, 4) is 5.75 Å². The maximum absolute atomic E-state index is 13.4. The second-order valence-electron chi connectivity index (χ2n) is 10.0. The molecule has 0 spiro atoms. The largest absolute Gasteiger partial charge is 0.487 e. The van der Waals surface area contributed by atoms with Gasteiger partial charge in [-0.2, -0.15) is 0 Å². The molecule has 5 heteroatoms. The molecule has 0 radical (unpaired) electrons. The lowest BCUT2D eigenvalue weighted by Crippen LogP contribution is -2.29. The molecule has 1 heterocycles. The lowest BCUT2D eigenvalue weighted by molar-refractivity contribution is 0.306. The highest BCUT2D eigenvalue weighted by Crippen LogP contribution is 2.50. The summed E-state index contributed by atoms with van der Waals surface area (Å²) in [5, 5.41) is 4.29. The number of rotatable bonds is 6. The van der Waals surface area contributed by atoms with E-state index in [0.717, 1.165) is 23.2 Å². The van der Waals surface area contributed by atoms with Gasteiger partial charge in [-0.1, -0.05) is 65.7 Å². The van der Waals surface area contributed by atoms with Crippen molar-refractivity contribution in [2.45, 2.75) is 31.9 Å². The van der Waals surface area contributed by atoms with Crippen LogP contribution in [0.25, 0.3) is 0 Å². The zero-order valence-corrected chi connectivity index (χ0v) is 21.8. The van der Waals surface area contributed by atoms with Crippen LogP contribution < -0.4 is 10.1 Å². The third kappa shape index (κ3) is 5.09. The molecule has 1 N–H and O–H groups in total. The first-order chi connectivity index (χ1) is 18.5. The van der Waals surface area contributed by atoms with Gasteiger partial charge in [-0.3, -0.25) is 4.99 Å². The molecule has 1 aliphatic heterocycles. The van der Waals surface area contributed by atoms with E-state index in [1.807, 2.05) is 24.3 Å². The highest BCUT2D eigenvalue weighted by atomic mass is 35.5. The van der Waals surface area contributed by atoms with Gasteiger partial charge in [0.2, 0.25) is 0 Å². The summed E-state index contributed by atoms with van der Waals surface area (Å²) < 4.78 is 19.2. The van der Waals surface area contributed by atoms with Crippen LogP contribution in [0, 0.1) is 18.7 Å². The molecule has 2 aliphatic rings. The third-order valence-electron chi connectivity index (χ3n) is 7.37. The highest BCUT2D eigenvalue weighted by molar-refractivity contribution is 6.32. The van der Waals surface area contributed by atoms with Crippen molar-refractivity contribution in [2.75, 3.05) is 5.32 Å². The number of benzene rings is 4. The number of ether oxygens (including phenoxy) is 1. The van der Waals surface area contributed by atoms with E-state index in [0.29, 0.717) is 22.6 Å². The zero-order chi connectivity index (χ0) is 26.1. The number of nitrogens with one attached hydrogen (secondary N) is 1. The molecule has 1 aliphatic carbocycles. The molecule has 0 amide bonds. The molecule has 4 aromatic carbocycles. The second kappa shape index (κ2) is 10.5. The van der Waals surface area contributed by atoms with Gasteiger partial charge in [-0.25, -0.2) is 4.39 Å². The van der Waals surface area contributed by atoms with Gasteiger partial charge in [0.25, 0.3) is 0 Å². The quantitative estimate of drug-likeness (QED) is 0.202. The molecule has 38 heavy (non-hydrogen) atoms. The Morgan fingerprint density at radius 2 is 1.89 bits per heavy atom.